The van der Waals surface area contributed by atoms with Crippen LogP contribution in [0.15, 0.2) is 36.4 Å². The van der Waals surface area contributed by atoms with E-state index in [1.165, 1.54) is 12.7 Å². The minimum Gasteiger partial charge on any atom is -0.467 e. The molecule has 0 unspecified atom stereocenters. The van der Waals surface area contributed by atoms with Crippen LogP contribution in [0, 0.1) is 0 Å². The first kappa shape index (κ1) is 21.6. The third kappa shape index (κ3) is 3.66. The Morgan fingerprint density at radius 3 is 2.19 bits per heavy atom. The Morgan fingerprint density at radius 1 is 1.03 bits per heavy atom. The molecule has 2 aliphatic rings. The zero-order chi connectivity index (χ0) is 22.6. The van der Waals surface area contributed by atoms with Gasteiger partial charge in [-0.3, -0.25) is 4.79 Å². The Balaban J connectivity index is 1.76. The number of ether oxygens (including phenoxy) is 1. The van der Waals surface area contributed by atoms with Gasteiger partial charge in [-0.25, -0.2) is 4.79 Å². The summed E-state index contributed by atoms with van der Waals surface area (Å²) >= 11 is 0. The standard InChI is InChI=1S/C27H33NO3/c1-25(2,3)19-13-21(20-11-12-26(4,5)22(20)14-19)23(29)28-27(24(30)31-6)15-17-9-7-8-10-18(17)16-27/h7-10,13-14H,11-12,15-16H2,1-6H3,(H,28,29). The second-order valence-corrected chi connectivity index (χ2v) is 10.8. The van der Waals surface area contributed by atoms with Crippen molar-refractivity contribution >= 4 is 11.9 Å². The van der Waals surface area contributed by atoms with Gasteiger partial charge in [-0.05, 0) is 57.6 Å². The average molecular weight is 420 g/mol. The quantitative estimate of drug-likeness (QED) is 0.737. The Bertz CT molecular complexity index is 1030. The summed E-state index contributed by atoms with van der Waals surface area (Å²) in [6.07, 6.45) is 2.80. The lowest BCUT2D eigenvalue weighted by Gasteiger charge is -2.29. The summed E-state index contributed by atoms with van der Waals surface area (Å²) in [5.74, 6) is -0.570. The minimum absolute atomic E-state index is 0.0370. The molecule has 0 spiro atoms. The number of carbonyl (C=O) groups is 2. The fourth-order valence-corrected chi connectivity index (χ4v) is 5.13. The molecular weight excluding hydrogens is 386 g/mol. The maximum absolute atomic E-state index is 13.7. The molecule has 1 N–H and O–H groups in total. The molecule has 4 heteroatoms. The minimum atomic E-state index is -1.06. The van der Waals surface area contributed by atoms with Crippen LogP contribution in [0.3, 0.4) is 0 Å². The van der Waals surface area contributed by atoms with Gasteiger partial charge in [-0.2, -0.15) is 0 Å². The monoisotopic (exact) mass is 419 g/mol. The molecule has 0 saturated carbocycles. The first-order chi connectivity index (χ1) is 14.5. The molecule has 0 fully saturated rings. The maximum atomic E-state index is 13.7. The molecule has 2 aromatic rings. The topological polar surface area (TPSA) is 55.4 Å². The Kier molecular flexibility index (Phi) is 5.03. The van der Waals surface area contributed by atoms with Gasteiger partial charge in [0.15, 0.2) is 0 Å². The van der Waals surface area contributed by atoms with Crippen LogP contribution in [0.5, 0.6) is 0 Å². The van der Waals surface area contributed by atoms with E-state index < -0.39 is 5.54 Å². The van der Waals surface area contributed by atoms with Gasteiger partial charge < -0.3 is 10.1 Å². The van der Waals surface area contributed by atoms with Crippen LogP contribution < -0.4 is 5.32 Å². The van der Waals surface area contributed by atoms with Crippen LogP contribution in [0.4, 0.5) is 0 Å². The first-order valence-electron chi connectivity index (χ1n) is 11.1. The fraction of sp³-hybridized carbons (Fsp3) is 0.481. The molecule has 0 aromatic heterocycles. The van der Waals surface area contributed by atoms with Gasteiger partial charge in [0.25, 0.3) is 5.91 Å². The van der Waals surface area contributed by atoms with E-state index in [1.807, 2.05) is 30.3 Å². The summed E-state index contributed by atoms with van der Waals surface area (Å²) in [5, 5.41) is 3.13. The molecule has 2 aliphatic carbocycles. The molecule has 1 amide bonds. The zero-order valence-electron chi connectivity index (χ0n) is 19.5. The van der Waals surface area contributed by atoms with Gasteiger partial charge in [0, 0.05) is 18.4 Å². The van der Waals surface area contributed by atoms with E-state index in [0.717, 1.165) is 35.1 Å². The lowest BCUT2D eigenvalue weighted by atomic mass is 9.79. The summed E-state index contributed by atoms with van der Waals surface area (Å²) in [5.41, 5.74) is 5.29. The molecule has 0 saturated heterocycles. The summed E-state index contributed by atoms with van der Waals surface area (Å²) in [6.45, 7) is 11.0. The fourth-order valence-electron chi connectivity index (χ4n) is 5.13. The van der Waals surface area contributed by atoms with E-state index in [4.69, 9.17) is 4.74 Å². The van der Waals surface area contributed by atoms with E-state index in [0.29, 0.717) is 18.4 Å². The van der Waals surface area contributed by atoms with Crippen molar-refractivity contribution in [1.82, 2.24) is 5.32 Å². The zero-order valence-corrected chi connectivity index (χ0v) is 19.5. The third-order valence-electron chi connectivity index (χ3n) is 7.12. The second-order valence-electron chi connectivity index (χ2n) is 10.8. The number of hydrogen-bond acceptors (Lipinski definition) is 3. The predicted octanol–water partition coefficient (Wildman–Crippen LogP) is 4.65. The van der Waals surface area contributed by atoms with Gasteiger partial charge in [-0.15, -0.1) is 0 Å². The van der Waals surface area contributed by atoms with Crippen molar-refractivity contribution < 1.29 is 14.3 Å². The Hall–Kier alpha value is -2.62. The molecule has 0 radical (unpaired) electrons. The number of hydrogen-bond donors (Lipinski definition) is 1. The molecule has 0 atom stereocenters. The third-order valence-corrected chi connectivity index (χ3v) is 7.12. The Morgan fingerprint density at radius 2 is 1.65 bits per heavy atom. The van der Waals surface area contributed by atoms with E-state index in [1.54, 1.807) is 0 Å². The number of esters is 1. The molecule has 0 bridgehead atoms. The van der Waals surface area contributed by atoms with Crippen molar-refractivity contribution in [3.8, 4) is 0 Å². The first-order valence-corrected chi connectivity index (χ1v) is 11.1. The van der Waals surface area contributed by atoms with Crippen molar-refractivity contribution in [2.45, 2.75) is 76.7 Å². The van der Waals surface area contributed by atoms with E-state index in [2.05, 4.69) is 46.0 Å². The summed E-state index contributed by atoms with van der Waals surface area (Å²) < 4.78 is 5.16. The molecule has 0 aliphatic heterocycles. The SMILES string of the molecule is COC(=O)C1(NC(=O)c2cc(C(C)(C)C)cc3c2CCC3(C)C)Cc2ccccc2C1. The van der Waals surface area contributed by atoms with Gasteiger partial charge in [0.2, 0.25) is 0 Å². The largest absolute Gasteiger partial charge is 0.467 e. The number of amides is 1. The molecule has 4 rings (SSSR count). The molecule has 31 heavy (non-hydrogen) atoms. The second kappa shape index (κ2) is 7.22. The van der Waals surface area contributed by atoms with Crippen molar-refractivity contribution in [2.24, 2.45) is 0 Å². The van der Waals surface area contributed by atoms with Gasteiger partial charge >= 0.3 is 5.97 Å². The van der Waals surface area contributed by atoms with E-state index in [9.17, 15) is 9.59 Å². The normalized spacial score (nSPS) is 18.3. The van der Waals surface area contributed by atoms with Gasteiger partial charge in [0.1, 0.15) is 5.54 Å². The lowest BCUT2D eigenvalue weighted by molar-refractivity contribution is -0.147. The average Bonchev–Trinajstić information content (AvgIpc) is 3.23. The number of carbonyl (C=O) groups excluding carboxylic acids is 2. The molecule has 0 heterocycles. The number of rotatable bonds is 3. The highest BCUT2D eigenvalue weighted by molar-refractivity contribution is 6.00. The highest BCUT2D eigenvalue weighted by atomic mass is 16.5. The highest BCUT2D eigenvalue weighted by Gasteiger charge is 2.47. The number of fused-ring (bicyclic) bond motifs is 2. The van der Waals surface area contributed by atoms with Crippen LogP contribution in [0.1, 0.15) is 79.2 Å². The molecule has 2 aromatic carbocycles. The smallest absolute Gasteiger partial charge is 0.332 e. The van der Waals surface area contributed by atoms with Gasteiger partial charge in [-0.1, -0.05) is 65.0 Å². The lowest BCUT2D eigenvalue weighted by Crippen LogP contribution is -2.56. The van der Waals surface area contributed by atoms with Crippen molar-refractivity contribution in [3.63, 3.8) is 0 Å². The van der Waals surface area contributed by atoms with E-state index >= 15 is 0 Å². The maximum Gasteiger partial charge on any atom is 0.332 e. The molecule has 164 valence electrons. The summed E-state index contributed by atoms with van der Waals surface area (Å²) in [4.78, 5) is 26.6. The number of benzene rings is 2. The predicted molar refractivity (Wildman–Crippen MR) is 123 cm³/mol. The van der Waals surface area contributed by atoms with Crippen LogP contribution in [-0.4, -0.2) is 24.5 Å². The Labute approximate surface area is 185 Å². The summed E-state index contributed by atoms with van der Waals surface area (Å²) in [7, 11) is 1.39. The number of nitrogens with one attached hydrogen (secondary N) is 1. The van der Waals surface area contributed by atoms with Crippen molar-refractivity contribution in [2.75, 3.05) is 7.11 Å². The van der Waals surface area contributed by atoms with Crippen molar-refractivity contribution in [3.05, 3.63) is 69.8 Å². The molecular formula is C27H33NO3. The molecule has 4 nitrogen and oxygen atoms in total. The van der Waals surface area contributed by atoms with Gasteiger partial charge in [0.05, 0.1) is 7.11 Å². The van der Waals surface area contributed by atoms with Crippen LogP contribution in [0.2, 0.25) is 0 Å². The van der Waals surface area contributed by atoms with E-state index in [-0.39, 0.29) is 22.7 Å². The van der Waals surface area contributed by atoms with Crippen LogP contribution in [0.25, 0.3) is 0 Å². The highest BCUT2D eigenvalue weighted by Crippen LogP contribution is 2.42. The van der Waals surface area contributed by atoms with Crippen LogP contribution >= 0.6 is 0 Å². The van der Waals surface area contributed by atoms with Crippen LogP contribution in [-0.2, 0) is 39.6 Å². The van der Waals surface area contributed by atoms with Crippen molar-refractivity contribution in [1.29, 1.82) is 0 Å². The summed E-state index contributed by atoms with van der Waals surface area (Å²) in [6, 6.07) is 12.3. The number of methoxy groups -OCH3 is 1.